The van der Waals surface area contributed by atoms with Crippen LogP contribution in [0.2, 0.25) is 0 Å². The molecule has 0 spiro atoms. The Morgan fingerprint density at radius 2 is 1.58 bits per heavy atom. The Kier molecular flexibility index (Phi) is 5.60. The lowest BCUT2D eigenvalue weighted by atomic mass is 10.1. The zero-order chi connectivity index (χ0) is 21.4. The second-order valence-electron chi connectivity index (χ2n) is 8.92. The smallest absolute Gasteiger partial charge is 0.243 e. The van der Waals surface area contributed by atoms with Crippen molar-refractivity contribution in [3.05, 3.63) is 41.1 Å². The highest BCUT2D eigenvalue weighted by atomic mass is 32.2. The van der Waals surface area contributed by atoms with E-state index < -0.39 is 10.0 Å². The highest BCUT2D eigenvalue weighted by molar-refractivity contribution is 7.89. The second-order valence-corrected chi connectivity index (χ2v) is 10.9. The van der Waals surface area contributed by atoms with Crippen LogP contribution in [0.1, 0.15) is 48.9 Å². The molecule has 166 valence electrons. The lowest BCUT2D eigenvalue weighted by molar-refractivity contribution is 0.386. The first kappa shape index (κ1) is 20.7. The molecule has 0 bridgehead atoms. The molecule has 2 fully saturated rings. The van der Waals surface area contributed by atoms with E-state index in [0.717, 1.165) is 67.6 Å². The van der Waals surface area contributed by atoms with Crippen molar-refractivity contribution in [3.63, 3.8) is 0 Å². The van der Waals surface area contributed by atoms with Gasteiger partial charge in [0.2, 0.25) is 16.0 Å². The van der Waals surface area contributed by atoms with Crippen molar-refractivity contribution in [2.75, 3.05) is 42.5 Å². The number of aryl methyl sites for hydroxylation is 1. The first-order valence-electron chi connectivity index (χ1n) is 11.5. The maximum Gasteiger partial charge on any atom is 0.243 e. The van der Waals surface area contributed by atoms with Gasteiger partial charge in [-0.15, -0.1) is 0 Å². The van der Waals surface area contributed by atoms with Gasteiger partial charge in [0, 0.05) is 51.3 Å². The van der Waals surface area contributed by atoms with Crippen LogP contribution in [0, 0.1) is 6.92 Å². The van der Waals surface area contributed by atoms with E-state index in [1.807, 2.05) is 19.1 Å². The van der Waals surface area contributed by atoms with Crippen LogP contribution in [-0.2, 0) is 23.0 Å². The third-order valence-corrected chi connectivity index (χ3v) is 8.50. The van der Waals surface area contributed by atoms with E-state index in [-0.39, 0.29) is 0 Å². The number of hydrogen-bond acceptors (Lipinski definition) is 6. The average Bonchev–Trinajstić information content (AvgIpc) is 3.33. The summed E-state index contributed by atoms with van der Waals surface area (Å²) in [5.74, 6) is 1.78. The van der Waals surface area contributed by atoms with Crippen LogP contribution in [0.25, 0.3) is 0 Å². The van der Waals surface area contributed by atoms with Gasteiger partial charge in [0.25, 0.3) is 0 Å². The van der Waals surface area contributed by atoms with Crippen molar-refractivity contribution in [1.29, 1.82) is 0 Å². The number of hydrogen-bond donors (Lipinski definition) is 0. The molecule has 0 N–H and O–H groups in total. The average molecular weight is 442 g/mol. The van der Waals surface area contributed by atoms with E-state index in [2.05, 4.69) is 9.80 Å². The van der Waals surface area contributed by atoms with Crippen LogP contribution < -0.4 is 9.80 Å². The lowest BCUT2D eigenvalue weighted by Gasteiger charge is -2.35. The fraction of sp³-hybridized carbons (Fsp3) is 0.565. The maximum atomic E-state index is 13.4. The fourth-order valence-electron chi connectivity index (χ4n) is 4.92. The molecule has 0 aliphatic carbocycles. The normalized spacial score (nSPS) is 20.2. The Morgan fingerprint density at radius 1 is 0.871 bits per heavy atom. The van der Waals surface area contributed by atoms with Crippen molar-refractivity contribution in [2.45, 2.75) is 56.9 Å². The quantitative estimate of drug-likeness (QED) is 0.726. The monoisotopic (exact) mass is 441 g/mol. The number of aromatic nitrogens is 2. The predicted molar refractivity (Wildman–Crippen MR) is 122 cm³/mol. The number of fused-ring (bicyclic) bond motifs is 1. The Balaban J connectivity index is 1.52. The van der Waals surface area contributed by atoms with Gasteiger partial charge in [-0.25, -0.2) is 13.4 Å². The lowest BCUT2D eigenvalue weighted by Crippen LogP contribution is -2.39. The summed E-state index contributed by atoms with van der Waals surface area (Å²) < 4.78 is 28.4. The van der Waals surface area contributed by atoms with Gasteiger partial charge in [0.1, 0.15) is 5.82 Å². The van der Waals surface area contributed by atoms with Crippen molar-refractivity contribution in [1.82, 2.24) is 14.3 Å². The summed E-state index contributed by atoms with van der Waals surface area (Å²) in [6.07, 6.45) is 6.55. The number of sulfonamides is 1. The molecule has 5 rings (SSSR count). The molecule has 31 heavy (non-hydrogen) atoms. The SMILES string of the molecule is Cc1cccc(S(=O)(=O)N2CCc3nc(N4CCCC4)nc(N4CCCCC4)c3C2)c1. The van der Waals surface area contributed by atoms with Crippen LogP contribution in [0.15, 0.2) is 29.2 Å². The molecule has 2 aromatic rings. The van der Waals surface area contributed by atoms with E-state index >= 15 is 0 Å². The predicted octanol–water partition coefficient (Wildman–Crippen LogP) is 3.12. The molecule has 3 aliphatic heterocycles. The van der Waals surface area contributed by atoms with Gasteiger partial charge in [0.05, 0.1) is 10.6 Å². The van der Waals surface area contributed by atoms with E-state index in [9.17, 15) is 8.42 Å². The molecule has 7 nitrogen and oxygen atoms in total. The molecule has 0 radical (unpaired) electrons. The molecule has 1 aromatic heterocycles. The summed E-state index contributed by atoms with van der Waals surface area (Å²) in [5, 5.41) is 0. The molecule has 3 aliphatic rings. The summed E-state index contributed by atoms with van der Waals surface area (Å²) >= 11 is 0. The zero-order valence-corrected chi connectivity index (χ0v) is 19.1. The third-order valence-electron chi connectivity index (χ3n) is 6.66. The summed E-state index contributed by atoms with van der Waals surface area (Å²) in [6, 6.07) is 7.18. The molecule has 4 heterocycles. The van der Waals surface area contributed by atoms with Crippen LogP contribution in [0.4, 0.5) is 11.8 Å². The van der Waals surface area contributed by atoms with E-state index in [4.69, 9.17) is 9.97 Å². The minimum Gasteiger partial charge on any atom is -0.356 e. The molecule has 2 saturated heterocycles. The first-order valence-corrected chi connectivity index (χ1v) is 12.9. The van der Waals surface area contributed by atoms with E-state index in [1.165, 1.54) is 19.3 Å². The van der Waals surface area contributed by atoms with Gasteiger partial charge in [-0.3, -0.25) is 0 Å². The highest BCUT2D eigenvalue weighted by Crippen LogP contribution is 2.33. The number of piperidine rings is 1. The summed E-state index contributed by atoms with van der Waals surface area (Å²) in [7, 11) is -3.55. The van der Waals surface area contributed by atoms with Crippen LogP contribution in [0.3, 0.4) is 0 Å². The first-order chi connectivity index (χ1) is 15.0. The van der Waals surface area contributed by atoms with Gasteiger partial charge in [-0.1, -0.05) is 12.1 Å². The maximum absolute atomic E-state index is 13.4. The Hall–Kier alpha value is -2.19. The molecule has 1 aromatic carbocycles. The number of benzene rings is 1. The van der Waals surface area contributed by atoms with Gasteiger partial charge >= 0.3 is 0 Å². The minimum atomic E-state index is -3.55. The van der Waals surface area contributed by atoms with Gasteiger partial charge in [-0.05, 0) is 56.7 Å². The summed E-state index contributed by atoms with van der Waals surface area (Å²) in [6.45, 7) is 6.70. The Bertz CT molecular complexity index is 1060. The van der Waals surface area contributed by atoms with Gasteiger partial charge in [0.15, 0.2) is 0 Å². The second kappa shape index (κ2) is 8.39. The third kappa shape index (κ3) is 4.03. The summed E-state index contributed by atoms with van der Waals surface area (Å²) in [4.78, 5) is 14.9. The topological polar surface area (TPSA) is 69.6 Å². The van der Waals surface area contributed by atoms with Crippen LogP contribution in [-0.4, -0.2) is 55.4 Å². The van der Waals surface area contributed by atoms with Crippen LogP contribution >= 0.6 is 0 Å². The van der Waals surface area contributed by atoms with Gasteiger partial charge < -0.3 is 9.80 Å². The minimum absolute atomic E-state index is 0.345. The molecular formula is C23H31N5O2S. The number of anilines is 2. The molecular weight excluding hydrogens is 410 g/mol. The van der Waals surface area contributed by atoms with Gasteiger partial charge in [-0.2, -0.15) is 9.29 Å². The van der Waals surface area contributed by atoms with Crippen molar-refractivity contribution in [3.8, 4) is 0 Å². The summed E-state index contributed by atoms with van der Waals surface area (Å²) in [5.41, 5.74) is 2.96. The Morgan fingerprint density at radius 3 is 2.32 bits per heavy atom. The number of rotatable bonds is 4. The van der Waals surface area contributed by atoms with Crippen molar-refractivity contribution in [2.24, 2.45) is 0 Å². The molecule has 0 saturated carbocycles. The number of nitrogens with zero attached hydrogens (tertiary/aromatic N) is 5. The van der Waals surface area contributed by atoms with E-state index in [0.29, 0.717) is 24.4 Å². The molecule has 8 heteroatoms. The van der Waals surface area contributed by atoms with Crippen molar-refractivity contribution >= 4 is 21.8 Å². The standard InChI is InChI=1S/C23H31N5O2S/c1-18-8-7-9-19(16-18)31(29,30)28-15-10-21-20(17-28)22(26-11-3-2-4-12-26)25-23(24-21)27-13-5-6-14-27/h7-9,16H,2-6,10-15,17H2,1H3. The molecule has 0 unspecified atom stereocenters. The zero-order valence-electron chi connectivity index (χ0n) is 18.3. The Labute approximate surface area is 185 Å². The van der Waals surface area contributed by atoms with E-state index in [1.54, 1.807) is 16.4 Å². The fourth-order valence-corrected chi connectivity index (χ4v) is 6.43. The van der Waals surface area contributed by atoms with Crippen LogP contribution in [0.5, 0.6) is 0 Å². The molecule has 0 amide bonds. The molecule has 0 atom stereocenters. The van der Waals surface area contributed by atoms with Crippen molar-refractivity contribution < 1.29 is 8.42 Å². The highest BCUT2D eigenvalue weighted by Gasteiger charge is 2.33. The largest absolute Gasteiger partial charge is 0.356 e.